The Morgan fingerprint density at radius 3 is 2.76 bits per heavy atom. The zero-order valence-electron chi connectivity index (χ0n) is 12.5. The first-order valence-electron chi connectivity index (χ1n) is 7.35. The molecule has 1 atom stereocenters. The number of esters is 1. The largest absolute Gasteiger partial charge is 0.468 e. The van der Waals surface area contributed by atoms with Crippen LogP contribution in [0.4, 0.5) is 0 Å². The van der Waals surface area contributed by atoms with E-state index in [0.29, 0.717) is 11.7 Å². The van der Waals surface area contributed by atoms with Crippen molar-refractivity contribution in [1.82, 2.24) is 5.32 Å². The molecule has 0 saturated heterocycles. The standard InChI is InChI=1S/C16H22BrNO2S/c1-3-10-18-16(12-8-9-12,15(19)20-2)11-21-14-7-5-4-6-13(14)17/h4-7,12,18H,3,8-11H2,1-2H3. The maximum absolute atomic E-state index is 12.4. The highest BCUT2D eigenvalue weighted by atomic mass is 79.9. The summed E-state index contributed by atoms with van der Waals surface area (Å²) in [6.07, 6.45) is 3.20. The molecule has 2 rings (SSSR count). The molecule has 1 fully saturated rings. The average Bonchev–Trinajstić information content (AvgIpc) is 3.34. The summed E-state index contributed by atoms with van der Waals surface area (Å²) in [5, 5.41) is 3.47. The number of carbonyl (C=O) groups excluding carboxylic acids is 1. The molecular formula is C16H22BrNO2S. The second-order valence-corrected chi connectivity index (χ2v) is 7.25. The van der Waals surface area contributed by atoms with E-state index in [9.17, 15) is 4.79 Å². The smallest absolute Gasteiger partial charge is 0.327 e. The van der Waals surface area contributed by atoms with Crippen molar-refractivity contribution in [3.05, 3.63) is 28.7 Å². The molecule has 0 spiro atoms. The highest BCUT2D eigenvalue weighted by molar-refractivity contribution is 9.10. The zero-order valence-corrected chi connectivity index (χ0v) is 14.9. The number of methoxy groups -OCH3 is 1. The summed E-state index contributed by atoms with van der Waals surface area (Å²) in [4.78, 5) is 13.6. The van der Waals surface area contributed by atoms with Gasteiger partial charge in [0.25, 0.3) is 0 Å². The third-order valence-corrected chi connectivity index (χ3v) is 6.03. The number of ether oxygens (including phenoxy) is 1. The predicted octanol–water partition coefficient (Wildman–Crippen LogP) is 3.86. The van der Waals surface area contributed by atoms with Crippen molar-refractivity contribution in [1.29, 1.82) is 0 Å². The van der Waals surface area contributed by atoms with E-state index in [0.717, 1.165) is 35.2 Å². The summed E-state index contributed by atoms with van der Waals surface area (Å²) in [5.74, 6) is 0.969. The number of thioether (sulfide) groups is 1. The molecule has 1 aliphatic rings. The summed E-state index contributed by atoms with van der Waals surface area (Å²) in [6, 6.07) is 8.11. The second kappa shape index (κ2) is 7.65. The zero-order chi connectivity index (χ0) is 15.3. The van der Waals surface area contributed by atoms with Gasteiger partial charge >= 0.3 is 5.97 Å². The maximum atomic E-state index is 12.4. The van der Waals surface area contributed by atoms with Gasteiger partial charge in [-0.3, -0.25) is 4.79 Å². The van der Waals surface area contributed by atoms with Crippen LogP contribution in [0.1, 0.15) is 26.2 Å². The Morgan fingerprint density at radius 1 is 1.48 bits per heavy atom. The quantitative estimate of drug-likeness (QED) is 0.556. The van der Waals surface area contributed by atoms with Crippen LogP contribution in [0, 0.1) is 5.92 Å². The molecule has 0 aromatic heterocycles. The van der Waals surface area contributed by atoms with Gasteiger partial charge in [-0.05, 0) is 59.8 Å². The molecule has 3 nitrogen and oxygen atoms in total. The Hall–Kier alpha value is -0.520. The van der Waals surface area contributed by atoms with Crippen LogP contribution in [-0.4, -0.2) is 30.9 Å². The minimum Gasteiger partial charge on any atom is -0.468 e. The Morgan fingerprint density at radius 2 is 2.19 bits per heavy atom. The van der Waals surface area contributed by atoms with E-state index in [2.05, 4.69) is 34.2 Å². The van der Waals surface area contributed by atoms with Gasteiger partial charge in [0, 0.05) is 15.1 Å². The van der Waals surface area contributed by atoms with Gasteiger partial charge < -0.3 is 10.1 Å². The highest BCUT2D eigenvalue weighted by Gasteiger charge is 2.51. The minimum absolute atomic E-state index is 0.127. The van der Waals surface area contributed by atoms with Crippen LogP contribution >= 0.6 is 27.7 Å². The third-order valence-electron chi connectivity index (χ3n) is 3.81. The van der Waals surface area contributed by atoms with E-state index in [1.54, 1.807) is 11.8 Å². The van der Waals surface area contributed by atoms with Crippen molar-refractivity contribution in [3.8, 4) is 0 Å². The summed E-state index contributed by atoms with van der Waals surface area (Å²) in [7, 11) is 1.48. The van der Waals surface area contributed by atoms with E-state index in [1.165, 1.54) is 7.11 Å². The molecule has 1 aromatic rings. The maximum Gasteiger partial charge on any atom is 0.327 e. The number of rotatable bonds is 8. The van der Waals surface area contributed by atoms with E-state index in [-0.39, 0.29) is 5.97 Å². The Balaban J connectivity index is 2.15. The molecule has 1 aliphatic carbocycles. The summed E-state index contributed by atoms with van der Waals surface area (Å²) < 4.78 is 6.18. The SMILES string of the molecule is CCCNC(CSc1ccccc1Br)(C(=O)OC)C1CC1. The first kappa shape index (κ1) is 16.8. The van der Waals surface area contributed by atoms with E-state index in [4.69, 9.17) is 4.74 Å². The topological polar surface area (TPSA) is 38.3 Å². The molecule has 0 amide bonds. The Kier molecular flexibility index (Phi) is 6.14. The fraction of sp³-hybridized carbons (Fsp3) is 0.562. The molecule has 0 bridgehead atoms. The normalized spacial score (nSPS) is 17.3. The first-order valence-corrected chi connectivity index (χ1v) is 9.12. The predicted molar refractivity (Wildman–Crippen MR) is 90.6 cm³/mol. The van der Waals surface area contributed by atoms with Gasteiger partial charge in [0.05, 0.1) is 7.11 Å². The van der Waals surface area contributed by atoms with Gasteiger partial charge in [0.2, 0.25) is 0 Å². The van der Waals surface area contributed by atoms with Crippen LogP contribution in [0.3, 0.4) is 0 Å². The third kappa shape index (κ3) is 4.02. The van der Waals surface area contributed by atoms with Crippen LogP contribution in [0.25, 0.3) is 0 Å². The Labute approximate surface area is 139 Å². The van der Waals surface area contributed by atoms with Crippen LogP contribution in [0.2, 0.25) is 0 Å². The monoisotopic (exact) mass is 371 g/mol. The van der Waals surface area contributed by atoms with Crippen molar-refractivity contribution in [2.75, 3.05) is 19.4 Å². The minimum atomic E-state index is -0.551. The lowest BCUT2D eigenvalue weighted by atomic mass is 9.95. The van der Waals surface area contributed by atoms with Gasteiger partial charge in [-0.25, -0.2) is 0 Å². The fourth-order valence-electron chi connectivity index (χ4n) is 2.47. The van der Waals surface area contributed by atoms with Gasteiger partial charge in [-0.1, -0.05) is 19.1 Å². The van der Waals surface area contributed by atoms with Gasteiger partial charge in [-0.15, -0.1) is 11.8 Å². The lowest BCUT2D eigenvalue weighted by Gasteiger charge is -2.32. The number of nitrogens with one attached hydrogen (secondary N) is 1. The lowest BCUT2D eigenvalue weighted by molar-refractivity contribution is -0.148. The number of hydrogen-bond donors (Lipinski definition) is 1. The van der Waals surface area contributed by atoms with Gasteiger partial charge in [0.1, 0.15) is 5.54 Å². The molecular weight excluding hydrogens is 350 g/mol. The summed E-state index contributed by atoms with van der Waals surface area (Å²) in [5.41, 5.74) is -0.551. The fourth-order valence-corrected chi connectivity index (χ4v) is 4.32. The van der Waals surface area contributed by atoms with Crippen molar-refractivity contribution in [2.24, 2.45) is 5.92 Å². The van der Waals surface area contributed by atoms with E-state index < -0.39 is 5.54 Å². The van der Waals surface area contributed by atoms with Gasteiger partial charge in [-0.2, -0.15) is 0 Å². The highest BCUT2D eigenvalue weighted by Crippen LogP contribution is 2.43. The molecule has 0 heterocycles. The molecule has 1 saturated carbocycles. The van der Waals surface area contributed by atoms with Crippen LogP contribution < -0.4 is 5.32 Å². The number of benzene rings is 1. The molecule has 1 unspecified atom stereocenters. The molecule has 21 heavy (non-hydrogen) atoms. The lowest BCUT2D eigenvalue weighted by Crippen LogP contribution is -2.57. The molecule has 0 aliphatic heterocycles. The van der Waals surface area contributed by atoms with Crippen LogP contribution in [0.5, 0.6) is 0 Å². The molecule has 5 heteroatoms. The van der Waals surface area contributed by atoms with E-state index in [1.807, 2.05) is 18.2 Å². The van der Waals surface area contributed by atoms with E-state index >= 15 is 0 Å². The van der Waals surface area contributed by atoms with Crippen molar-refractivity contribution < 1.29 is 9.53 Å². The van der Waals surface area contributed by atoms with Gasteiger partial charge in [0.15, 0.2) is 0 Å². The molecule has 1 N–H and O–H groups in total. The van der Waals surface area contributed by atoms with Crippen LogP contribution in [-0.2, 0) is 9.53 Å². The van der Waals surface area contributed by atoms with Crippen LogP contribution in [0.15, 0.2) is 33.6 Å². The summed E-state index contributed by atoms with van der Waals surface area (Å²) >= 11 is 5.27. The number of halogens is 1. The van der Waals surface area contributed by atoms with Crippen molar-refractivity contribution in [2.45, 2.75) is 36.6 Å². The van der Waals surface area contributed by atoms with Crippen molar-refractivity contribution >= 4 is 33.7 Å². The number of carbonyl (C=O) groups is 1. The van der Waals surface area contributed by atoms with Crippen molar-refractivity contribution in [3.63, 3.8) is 0 Å². The Bertz CT molecular complexity index is 493. The molecule has 116 valence electrons. The first-order chi connectivity index (χ1) is 10.1. The second-order valence-electron chi connectivity index (χ2n) is 5.38. The average molecular weight is 372 g/mol. The summed E-state index contributed by atoms with van der Waals surface area (Å²) in [6.45, 7) is 2.95. The molecule has 0 radical (unpaired) electrons. The molecule has 1 aromatic carbocycles. The number of hydrogen-bond acceptors (Lipinski definition) is 4.